The van der Waals surface area contributed by atoms with Gasteiger partial charge in [-0.25, -0.2) is 4.39 Å². The first-order chi connectivity index (χ1) is 6.63. The van der Waals surface area contributed by atoms with Crippen LogP contribution in [0.4, 0.5) is 4.39 Å². The number of alkyl halides is 1. The molecule has 0 saturated carbocycles. The van der Waals surface area contributed by atoms with Gasteiger partial charge < -0.3 is 10.8 Å². The fourth-order valence-electron chi connectivity index (χ4n) is 1.18. The van der Waals surface area contributed by atoms with Crippen LogP contribution >= 0.6 is 0 Å². The Labute approximate surface area is 81.4 Å². The van der Waals surface area contributed by atoms with Crippen molar-refractivity contribution in [2.75, 3.05) is 0 Å². The number of hydrogen-bond donors (Lipinski definition) is 2. The van der Waals surface area contributed by atoms with Gasteiger partial charge in [0.25, 0.3) is 0 Å². The maximum Gasteiger partial charge on any atom is 0.320 e. The van der Waals surface area contributed by atoms with Crippen molar-refractivity contribution in [3.63, 3.8) is 0 Å². The molecule has 76 valence electrons. The zero-order chi connectivity index (χ0) is 10.6. The van der Waals surface area contributed by atoms with Gasteiger partial charge in [-0.2, -0.15) is 0 Å². The second-order valence-corrected chi connectivity index (χ2v) is 3.10. The number of aliphatic carboxylic acids is 1. The van der Waals surface area contributed by atoms with Crippen molar-refractivity contribution in [1.82, 2.24) is 0 Å². The summed E-state index contributed by atoms with van der Waals surface area (Å²) in [5, 5.41) is 8.57. The van der Waals surface area contributed by atoms with E-state index in [0.29, 0.717) is 5.56 Å². The Kier molecular flexibility index (Phi) is 3.59. The third-order valence-corrected chi connectivity index (χ3v) is 1.92. The van der Waals surface area contributed by atoms with Gasteiger partial charge in [0, 0.05) is 0 Å². The molecular formula is C10H12FNO2. The SMILES string of the molecule is NC(Cc1cccc(CF)c1)C(=O)O. The van der Waals surface area contributed by atoms with Gasteiger partial charge >= 0.3 is 5.97 Å². The first-order valence-electron chi connectivity index (χ1n) is 4.25. The summed E-state index contributed by atoms with van der Waals surface area (Å²) in [4.78, 5) is 10.5. The molecule has 1 unspecified atom stereocenters. The molecule has 0 amide bonds. The lowest BCUT2D eigenvalue weighted by Gasteiger charge is -2.06. The number of hydrogen-bond acceptors (Lipinski definition) is 2. The molecule has 1 aromatic carbocycles. The second-order valence-electron chi connectivity index (χ2n) is 3.10. The molecule has 3 nitrogen and oxygen atoms in total. The summed E-state index contributed by atoms with van der Waals surface area (Å²) >= 11 is 0. The number of carbonyl (C=O) groups is 1. The molecule has 0 saturated heterocycles. The fourth-order valence-corrected chi connectivity index (χ4v) is 1.18. The number of carboxylic acids is 1. The molecule has 0 aliphatic carbocycles. The predicted molar refractivity (Wildman–Crippen MR) is 50.6 cm³/mol. The van der Waals surface area contributed by atoms with Gasteiger partial charge in [-0.3, -0.25) is 4.79 Å². The topological polar surface area (TPSA) is 63.3 Å². The monoisotopic (exact) mass is 197 g/mol. The van der Waals surface area contributed by atoms with E-state index in [9.17, 15) is 9.18 Å². The molecule has 14 heavy (non-hydrogen) atoms. The van der Waals surface area contributed by atoms with Gasteiger partial charge in [-0.1, -0.05) is 24.3 Å². The number of benzene rings is 1. The van der Waals surface area contributed by atoms with E-state index in [1.165, 1.54) is 0 Å². The zero-order valence-corrected chi connectivity index (χ0v) is 7.61. The largest absolute Gasteiger partial charge is 0.480 e. The van der Waals surface area contributed by atoms with Crippen LogP contribution in [0.25, 0.3) is 0 Å². The summed E-state index contributed by atoms with van der Waals surface area (Å²) in [6, 6.07) is 5.78. The molecule has 4 heteroatoms. The molecule has 1 aromatic rings. The Bertz CT molecular complexity index is 328. The highest BCUT2D eigenvalue weighted by atomic mass is 19.1. The standard InChI is InChI=1S/C10H12FNO2/c11-6-8-3-1-2-7(4-8)5-9(12)10(13)14/h1-4,9H,5-6,12H2,(H,13,14). The average molecular weight is 197 g/mol. The maximum absolute atomic E-state index is 12.3. The summed E-state index contributed by atoms with van der Waals surface area (Å²) in [5.41, 5.74) is 6.63. The number of halogens is 1. The van der Waals surface area contributed by atoms with E-state index in [4.69, 9.17) is 10.8 Å². The highest BCUT2D eigenvalue weighted by Gasteiger charge is 2.11. The summed E-state index contributed by atoms with van der Waals surface area (Å²) in [7, 11) is 0. The van der Waals surface area contributed by atoms with Crippen molar-refractivity contribution in [2.24, 2.45) is 5.73 Å². The van der Waals surface area contributed by atoms with E-state index >= 15 is 0 Å². The molecule has 1 rings (SSSR count). The third-order valence-electron chi connectivity index (χ3n) is 1.92. The molecule has 0 bridgehead atoms. The van der Waals surface area contributed by atoms with Gasteiger partial charge in [-0.05, 0) is 17.5 Å². The van der Waals surface area contributed by atoms with Crippen LogP contribution in [0.5, 0.6) is 0 Å². The molecule has 1 atom stereocenters. The number of rotatable bonds is 4. The summed E-state index contributed by atoms with van der Waals surface area (Å²) in [6.45, 7) is -0.545. The molecule has 0 radical (unpaired) electrons. The van der Waals surface area contributed by atoms with E-state index < -0.39 is 18.7 Å². The van der Waals surface area contributed by atoms with Crippen molar-refractivity contribution in [2.45, 2.75) is 19.1 Å². The summed E-state index contributed by atoms with van der Waals surface area (Å²) in [5.74, 6) is -1.05. The van der Waals surface area contributed by atoms with E-state index in [1.54, 1.807) is 24.3 Å². The summed E-state index contributed by atoms with van der Waals surface area (Å²) in [6.07, 6.45) is 0.225. The van der Waals surface area contributed by atoms with Crippen LogP contribution in [0.2, 0.25) is 0 Å². The highest BCUT2D eigenvalue weighted by Crippen LogP contribution is 2.08. The van der Waals surface area contributed by atoms with Crippen molar-refractivity contribution >= 4 is 5.97 Å². The first-order valence-corrected chi connectivity index (χ1v) is 4.25. The van der Waals surface area contributed by atoms with Crippen LogP contribution in [0.15, 0.2) is 24.3 Å². The molecular weight excluding hydrogens is 185 g/mol. The van der Waals surface area contributed by atoms with Gasteiger partial charge in [0.05, 0.1) is 0 Å². The Balaban J connectivity index is 2.71. The Morgan fingerprint density at radius 2 is 2.14 bits per heavy atom. The Hall–Kier alpha value is -1.42. The van der Waals surface area contributed by atoms with Crippen molar-refractivity contribution in [3.05, 3.63) is 35.4 Å². The van der Waals surface area contributed by atoms with Crippen molar-refractivity contribution < 1.29 is 14.3 Å². The van der Waals surface area contributed by atoms with Crippen LogP contribution in [0.1, 0.15) is 11.1 Å². The van der Waals surface area contributed by atoms with E-state index in [1.807, 2.05) is 0 Å². The van der Waals surface area contributed by atoms with Gasteiger partial charge in [0.2, 0.25) is 0 Å². The van der Waals surface area contributed by atoms with Gasteiger partial charge in [0.15, 0.2) is 0 Å². The van der Waals surface area contributed by atoms with Crippen LogP contribution < -0.4 is 5.73 Å². The van der Waals surface area contributed by atoms with E-state index in [2.05, 4.69) is 0 Å². The van der Waals surface area contributed by atoms with E-state index in [0.717, 1.165) is 5.56 Å². The Morgan fingerprint density at radius 3 is 2.71 bits per heavy atom. The van der Waals surface area contributed by atoms with Gasteiger partial charge in [0.1, 0.15) is 12.7 Å². The smallest absolute Gasteiger partial charge is 0.320 e. The molecule has 0 aromatic heterocycles. The fraction of sp³-hybridized carbons (Fsp3) is 0.300. The van der Waals surface area contributed by atoms with E-state index in [-0.39, 0.29) is 6.42 Å². The normalized spacial score (nSPS) is 12.4. The van der Waals surface area contributed by atoms with Crippen LogP contribution in [0.3, 0.4) is 0 Å². The quantitative estimate of drug-likeness (QED) is 0.760. The molecule has 0 spiro atoms. The zero-order valence-electron chi connectivity index (χ0n) is 7.61. The lowest BCUT2D eigenvalue weighted by atomic mass is 10.0. The molecule has 0 heterocycles. The third kappa shape index (κ3) is 2.81. The average Bonchev–Trinajstić information content (AvgIpc) is 2.18. The highest BCUT2D eigenvalue weighted by molar-refractivity contribution is 5.73. The lowest BCUT2D eigenvalue weighted by molar-refractivity contribution is -0.138. The van der Waals surface area contributed by atoms with Crippen LogP contribution in [0, 0.1) is 0 Å². The summed E-state index contributed by atoms with van der Waals surface area (Å²) < 4.78 is 12.3. The molecule has 3 N–H and O–H groups in total. The number of nitrogens with two attached hydrogens (primary N) is 1. The molecule has 0 fully saturated rings. The minimum atomic E-state index is -1.05. The van der Waals surface area contributed by atoms with Gasteiger partial charge in [-0.15, -0.1) is 0 Å². The molecule has 0 aliphatic rings. The van der Waals surface area contributed by atoms with Crippen LogP contribution in [-0.2, 0) is 17.9 Å². The predicted octanol–water partition coefficient (Wildman–Crippen LogP) is 1.11. The number of carboxylic acid groups (broad SMARTS) is 1. The second kappa shape index (κ2) is 4.72. The lowest BCUT2D eigenvalue weighted by Crippen LogP contribution is -2.32. The first kappa shape index (κ1) is 10.7. The maximum atomic E-state index is 12.3. The molecule has 0 aliphatic heterocycles. The minimum Gasteiger partial charge on any atom is -0.480 e. The minimum absolute atomic E-state index is 0.225. The van der Waals surface area contributed by atoms with Crippen LogP contribution in [-0.4, -0.2) is 17.1 Å². The Morgan fingerprint density at radius 1 is 1.50 bits per heavy atom. The van der Waals surface area contributed by atoms with Crippen molar-refractivity contribution in [1.29, 1.82) is 0 Å². The van der Waals surface area contributed by atoms with Crippen molar-refractivity contribution in [3.8, 4) is 0 Å².